The van der Waals surface area contributed by atoms with Crippen LogP contribution in [0, 0.1) is 0 Å². The molecule has 3 aromatic carbocycles. The Morgan fingerprint density at radius 2 is 1.84 bits per heavy atom. The van der Waals surface area contributed by atoms with Gasteiger partial charge in [0.05, 0.1) is 17.5 Å². The topological polar surface area (TPSA) is 117 Å². The highest BCUT2D eigenvalue weighted by Gasteiger charge is 2.27. The zero-order valence-electron chi connectivity index (χ0n) is 20.9. The second kappa shape index (κ2) is 9.85. The lowest BCUT2D eigenvalue weighted by molar-refractivity contribution is -0.137. The van der Waals surface area contributed by atoms with Gasteiger partial charge in [-0.3, -0.25) is 9.79 Å². The van der Waals surface area contributed by atoms with Crippen LogP contribution in [0.5, 0.6) is 17.2 Å². The first-order valence-electron chi connectivity index (χ1n) is 13.0. The fraction of sp³-hybridized carbons (Fsp3) is 0.300. The van der Waals surface area contributed by atoms with Crippen molar-refractivity contribution in [2.75, 3.05) is 25.0 Å². The van der Waals surface area contributed by atoms with E-state index in [4.69, 9.17) is 14.6 Å². The smallest absolute Gasteiger partial charge is 0.336 e. The predicted octanol–water partition coefficient (Wildman–Crippen LogP) is 3.91. The highest BCUT2D eigenvalue weighted by molar-refractivity contribution is 5.99. The maximum atomic E-state index is 12.5. The van der Waals surface area contributed by atoms with Crippen molar-refractivity contribution in [1.82, 2.24) is 0 Å². The van der Waals surface area contributed by atoms with Crippen molar-refractivity contribution in [3.8, 4) is 17.2 Å². The van der Waals surface area contributed by atoms with Gasteiger partial charge in [-0.15, -0.1) is 0 Å². The van der Waals surface area contributed by atoms with Crippen molar-refractivity contribution in [1.29, 1.82) is 0 Å². The highest BCUT2D eigenvalue weighted by Crippen LogP contribution is 2.41. The zero-order chi connectivity index (χ0) is 26.2. The Hall–Kier alpha value is -4.33. The first-order valence-corrected chi connectivity index (χ1v) is 13.0. The lowest BCUT2D eigenvalue weighted by Crippen LogP contribution is -2.26. The van der Waals surface area contributed by atoms with E-state index in [1.807, 2.05) is 12.1 Å². The van der Waals surface area contributed by atoms with Crippen molar-refractivity contribution in [3.63, 3.8) is 0 Å². The van der Waals surface area contributed by atoms with Crippen LogP contribution in [0.2, 0.25) is 0 Å². The number of ether oxygens (including phenoxy) is 2. The lowest BCUT2D eigenvalue weighted by Gasteiger charge is -2.27. The normalized spacial score (nSPS) is 15.0. The van der Waals surface area contributed by atoms with Crippen LogP contribution in [-0.4, -0.2) is 41.8 Å². The number of aliphatic carboxylic acids is 1. The maximum absolute atomic E-state index is 12.5. The third kappa shape index (κ3) is 4.47. The molecule has 8 heteroatoms. The number of fused-ring (bicyclic) bond motifs is 4. The number of anilines is 1. The fourth-order valence-corrected chi connectivity index (χ4v) is 5.46. The van der Waals surface area contributed by atoms with E-state index >= 15 is 0 Å². The molecule has 0 aromatic heterocycles. The number of hydrogen-bond acceptors (Lipinski definition) is 6. The van der Waals surface area contributed by atoms with Crippen LogP contribution in [0.25, 0.3) is 5.57 Å². The number of hydrogen-bond donors (Lipinski definition) is 3. The summed E-state index contributed by atoms with van der Waals surface area (Å²) in [5.41, 5.74) is 5.75. The van der Waals surface area contributed by atoms with E-state index in [-0.39, 0.29) is 18.6 Å². The number of carboxylic acid groups (broad SMARTS) is 2. The number of carboxylic acids is 2. The first-order chi connectivity index (χ1) is 18.5. The van der Waals surface area contributed by atoms with Gasteiger partial charge in [-0.2, -0.15) is 0 Å². The minimum Gasteiger partial charge on any atom is -0.494 e. The minimum absolute atomic E-state index is 0.00878. The van der Waals surface area contributed by atoms with E-state index in [9.17, 15) is 14.7 Å². The van der Waals surface area contributed by atoms with E-state index < -0.39 is 11.9 Å². The number of benzene rings is 3. The lowest BCUT2D eigenvalue weighted by atomic mass is 9.86. The Balaban J connectivity index is 1.54. The molecule has 0 radical (unpaired) electrons. The molecule has 0 saturated carbocycles. The van der Waals surface area contributed by atoms with Gasteiger partial charge in [0.1, 0.15) is 17.2 Å². The zero-order valence-corrected chi connectivity index (χ0v) is 20.9. The molecular formula is C30H28N2O6. The third-order valence-corrected chi connectivity index (χ3v) is 7.26. The molecule has 3 aliphatic heterocycles. The summed E-state index contributed by atoms with van der Waals surface area (Å²) in [6.45, 7) is 1.88. The summed E-state index contributed by atoms with van der Waals surface area (Å²) in [6, 6.07) is 13.3. The average molecular weight is 513 g/mol. The second-order valence-electron chi connectivity index (χ2n) is 9.83. The van der Waals surface area contributed by atoms with Gasteiger partial charge in [0.15, 0.2) is 0 Å². The molecule has 3 aliphatic rings. The number of rotatable bonds is 7. The van der Waals surface area contributed by atoms with Crippen LogP contribution in [0.3, 0.4) is 0 Å². The van der Waals surface area contributed by atoms with E-state index in [0.717, 1.165) is 71.7 Å². The van der Waals surface area contributed by atoms with Crippen LogP contribution in [0.1, 0.15) is 58.3 Å². The monoisotopic (exact) mass is 512 g/mol. The molecule has 8 nitrogen and oxygen atoms in total. The summed E-state index contributed by atoms with van der Waals surface area (Å²) in [7, 11) is 0. The Labute approximate surface area is 219 Å². The molecule has 0 saturated heterocycles. The fourth-order valence-electron chi connectivity index (χ4n) is 5.46. The van der Waals surface area contributed by atoms with Gasteiger partial charge in [-0.05, 0) is 79.1 Å². The quantitative estimate of drug-likeness (QED) is 0.322. The Kier molecular flexibility index (Phi) is 6.23. The summed E-state index contributed by atoms with van der Waals surface area (Å²) in [5.74, 6) is -0.218. The molecule has 3 N–H and O–H groups in total. The molecule has 6 rings (SSSR count). The molecule has 3 aromatic rings. The van der Waals surface area contributed by atoms with Gasteiger partial charge in [-0.25, -0.2) is 4.79 Å². The van der Waals surface area contributed by atoms with Crippen LogP contribution in [0.15, 0.2) is 47.5 Å². The summed E-state index contributed by atoms with van der Waals surface area (Å²) in [4.78, 5) is 28.0. The number of aromatic carboxylic acids is 1. The molecule has 38 heavy (non-hydrogen) atoms. The van der Waals surface area contributed by atoms with Gasteiger partial charge < -0.3 is 25.0 Å². The molecule has 0 unspecified atom stereocenters. The largest absolute Gasteiger partial charge is 0.494 e. The van der Waals surface area contributed by atoms with Crippen LogP contribution < -0.4 is 25.4 Å². The van der Waals surface area contributed by atoms with Crippen molar-refractivity contribution in [2.45, 2.75) is 38.5 Å². The molecule has 0 aliphatic carbocycles. The Morgan fingerprint density at radius 3 is 2.68 bits per heavy atom. The molecule has 0 fully saturated rings. The van der Waals surface area contributed by atoms with Crippen LogP contribution in [0.4, 0.5) is 5.69 Å². The van der Waals surface area contributed by atoms with Crippen molar-refractivity contribution >= 4 is 23.2 Å². The highest BCUT2D eigenvalue weighted by atomic mass is 16.5. The number of carbonyl (C=O) groups is 2. The minimum atomic E-state index is -1.06. The molecular weight excluding hydrogens is 484 g/mol. The maximum Gasteiger partial charge on any atom is 0.336 e. The Morgan fingerprint density at radius 1 is 0.974 bits per heavy atom. The third-order valence-electron chi connectivity index (χ3n) is 7.26. The SMILES string of the molecule is O=C(O)CCCOc1ccc(C2=c3cc4c(cc3Oc3cc5c(cc32)CCCN5)=NCCC4)c(C(=O)O)c1. The molecule has 0 atom stereocenters. The van der Waals surface area contributed by atoms with Crippen molar-refractivity contribution in [3.05, 3.63) is 80.9 Å². The van der Waals surface area contributed by atoms with Gasteiger partial charge >= 0.3 is 11.9 Å². The summed E-state index contributed by atoms with van der Waals surface area (Å²) in [5, 5.41) is 24.3. The predicted molar refractivity (Wildman–Crippen MR) is 141 cm³/mol. The molecule has 3 heterocycles. The van der Waals surface area contributed by atoms with Crippen LogP contribution in [-0.2, 0) is 17.6 Å². The van der Waals surface area contributed by atoms with Gasteiger partial charge in [0, 0.05) is 53.7 Å². The summed E-state index contributed by atoms with van der Waals surface area (Å²) in [6.07, 6.45) is 4.19. The molecule has 0 spiro atoms. The van der Waals surface area contributed by atoms with E-state index in [1.165, 1.54) is 11.6 Å². The van der Waals surface area contributed by atoms with E-state index in [0.29, 0.717) is 29.2 Å². The van der Waals surface area contributed by atoms with Gasteiger partial charge in [0.2, 0.25) is 0 Å². The van der Waals surface area contributed by atoms with Crippen LogP contribution >= 0.6 is 0 Å². The average Bonchev–Trinajstić information content (AvgIpc) is 2.92. The summed E-state index contributed by atoms with van der Waals surface area (Å²) < 4.78 is 12.1. The first kappa shape index (κ1) is 24.0. The number of aryl methyl sites for hydroxylation is 2. The molecule has 0 amide bonds. The Bertz CT molecular complexity index is 1590. The second-order valence-corrected chi connectivity index (χ2v) is 9.83. The van der Waals surface area contributed by atoms with Gasteiger partial charge in [-0.1, -0.05) is 0 Å². The molecule has 194 valence electrons. The van der Waals surface area contributed by atoms with Gasteiger partial charge in [0.25, 0.3) is 0 Å². The molecule has 0 bridgehead atoms. The van der Waals surface area contributed by atoms with E-state index in [1.54, 1.807) is 12.1 Å². The standard InChI is InChI=1S/C30H28N2O6/c33-28(34)6-3-11-37-19-7-8-20(21(14-19)30(35)36)29-22-12-17-4-1-9-31-24(17)15-26(22)38-27-16-25-18(13-23(27)29)5-2-10-32-25/h7-8,12-16,31H,1-6,9-11H2,(H,33,34)(H,35,36). The van der Waals surface area contributed by atoms with Crippen molar-refractivity contribution < 1.29 is 29.3 Å². The van der Waals surface area contributed by atoms with Crippen molar-refractivity contribution in [2.24, 2.45) is 4.99 Å². The van der Waals surface area contributed by atoms with E-state index in [2.05, 4.69) is 22.4 Å². The summed E-state index contributed by atoms with van der Waals surface area (Å²) >= 11 is 0. The number of nitrogens with zero attached hydrogens (tertiary/aromatic N) is 1. The number of nitrogens with one attached hydrogen (secondary N) is 1.